The SMILES string of the molecule is O=CC(CC1CCNC1=O)NC(=O)C(CC1CCCCC1)N(CC1(c2cccc(Cl)c2)CC1)C(=O)Oc1cccc(Cl)c1. The number of amides is 3. The van der Waals surface area contributed by atoms with Gasteiger partial charge >= 0.3 is 6.09 Å². The molecule has 3 fully saturated rings. The molecule has 3 atom stereocenters. The molecule has 0 radical (unpaired) electrons. The van der Waals surface area contributed by atoms with Gasteiger partial charge in [-0.15, -0.1) is 0 Å². The van der Waals surface area contributed by atoms with Crippen molar-refractivity contribution in [2.45, 2.75) is 81.7 Å². The minimum absolute atomic E-state index is 0.108. The molecule has 0 bridgehead atoms. The summed E-state index contributed by atoms with van der Waals surface area (Å²) in [5.41, 5.74) is 0.644. The highest BCUT2D eigenvalue weighted by molar-refractivity contribution is 6.31. The van der Waals surface area contributed by atoms with E-state index >= 15 is 0 Å². The first-order valence-corrected chi connectivity index (χ1v) is 16.1. The van der Waals surface area contributed by atoms with E-state index in [1.807, 2.05) is 24.3 Å². The number of halogens is 2. The minimum atomic E-state index is -0.869. The van der Waals surface area contributed by atoms with Crippen LogP contribution in [0.2, 0.25) is 10.0 Å². The minimum Gasteiger partial charge on any atom is -0.410 e. The van der Waals surface area contributed by atoms with E-state index in [1.165, 1.54) is 0 Å². The monoisotopic (exact) mass is 627 g/mol. The van der Waals surface area contributed by atoms with Gasteiger partial charge in [0.2, 0.25) is 11.8 Å². The smallest absolute Gasteiger partial charge is 0.410 e. The van der Waals surface area contributed by atoms with Gasteiger partial charge < -0.3 is 20.2 Å². The second-order valence-electron chi connectivity index (χ2n) is 12.3. The Labute approximate surface area is 262 Å². The zero-order valence-electron chi connectivity index (χ0n) is 24.2. The zero-order chi connectivity index (χ0) is 30.4. The summed E-state index contributed by atoms with van der Waals surface area (Å²) in [6, 6.07) is 12.5. The van der Waals surface area contributed by atoms with Crippen molar-refractivity contribution in [1.29, 1.82) is 0 Å². The van der Waals surface area contributed by atoms with Crippen LogP contribution in [0, 0.1) is 11.8 Å². The van der Waals surface area contributed by atoms with E-state index in [9.17, 15) is 19.2 Å². The van der Waals surface area contributed by atoms with Crippen LogP contribution < -0.4 is 15.4 Å². The van der Waals surface area contributed by atoms with Gasteiger partial charge in [-0.3, -0.25) is 14.5 Å². The number of carbonyl (C=O) groups excluding carboxylic acids is 4. The number of hydrogen-bond acceptors (Lipinski definition) is 5. The second kappa shape index (κ2) is 14.1. The Balaban J connectivity index is 1.45. The number of aldehydes is 1. The standard InChI is InChI=1S/C33H39Cl2N3O5/c34-25-9-4-8-24(18-25)33(13-14-33)21-38(32(42)43-28-11-5-10-26(35)19-28)29(16-22-6-2-1-3-7-22)31(41)37-27(20-39)17-23-12-15-36-30(23)40/h4-5,8-11,18-20,22-23,27,29H,1-3,6-7,12-17,21H2,(H,36,40)(H,37,41). The van der Waals surface area contributed by atoms with E-state index < -0.39 is 24.1 Å². The third kappa shape index (κ3) is 8.09. The second-order valence-corrected chi connectivity index (χ2v) is 13.1. The van der Waals surface area contributed by atoms with Crippen molar-refractivity contribution in [2.24, 2.45) is 11.8 Å². The van der Waals surface area contributed by atoms with Crippen LogP contribution >= 0.6 is 23.2 Å². The molecule has 2 aliphatic carbocycles. The molecule has 2 aromatic rings. The average molecular weight is 629 g/mol. The van der Waals surface area contributed by atoms with Crippen molar-refractivity contribution in [3.63, 3.8) is 0 Å². The summed E-state index contributed by atoms with van der Waals surface area (Å²) in [5, 5.41) is 6.71. The lowest BCUT2D eigenvalue weighted by Crippen LogP contribution is -2.55. The van der Waals surface area contributed by atoms with E-state index in [1.54, 1.807) is 29.2 Å². The Kier molecular flexibility index (Phi) is 10.3. The quantitative estimate of drug-likeness (QED) is 0.278. The van der Waals surface area contributed by atoms with Gasteiger partial charge in [0.1, 0.15) is 18.1 Å². The third-order valence-electron chi connectivity index (χ3n) is 9.15. The largest absolute Gasteiger partial charge is 0.415 e. The lowest BCUT2D eigenvalue weighted by molar-refractivity contribution is -0.130. The van der Waals surface area contributed by atoms with Gasteiger partial charge in [0.15, 0.2) is 0 Å². The van der Waals surface area contributed by atoms with Crippen molar-refractivity contribution < 1.29 is 23.9 Å². The van der Waals surface area contributed by atoms with Gasteiger partial charge in [0, 0.05) is 34.5 Å². The van der Waals surface area contributed by atoms with Gasteiger partial charge in [-0.1, -0.05) is 73.5 Å². The van der Waals surface area contributed by atoms with Crippen LogP contribution in [-0.2, 0) is 19.8 Å². The van der Waals surface area contributed by atoms with Gasteiger partial charge in [-0.05, 0) is 73.9 Å². The Hall–Kier alpha value is -3.10. The van der Waals surface area contributed by atoms with Crippen molar-refractivity contribution in [3.8, 4) is 5.75 Å². The highest BCUT2D eigenvalue weighted by Crippen LogP contribution is 2.50. The maximum absolute atomic E-state index is 14.1. The number of hydrogen-bond donors (Lipinski definition) is 2. The first kappa shape index (κ1) is 31.3. The molecule has 1 saturated heterocycles. The first-order valence-electron chi connectivity index (χ1n) is 15.3. The summed E-state index contributed by atoms with van der Waals surface area (Å²) in [4.78, 5) is 54.0. The zero-order valence-corrected chi connectivity index (χ0v) is 25.7. The third-order valence-corrected chi connectivity index (χ3v) is 9.62. The summed E-state index contributed by atoms with van der Waals surface area (Å²) >= 11 is 12.5. The molecule has 3 aliphatic rings. The van der Waals surface area contributed by atoms with Crippen molar-refractivity contribution in [3.05, 3.63) is 64.1 Å². The number of nitrogens with zero attached hydrogens (tertiary/aromatic N) is 1. The summed E-state index contributed by atoms with van der Waals surface area (Å²) in [5.74, 6) is -0.323. The fourth-order valence-electron chi connectivity index (χ4n) is 6.54. The Bertz CT molecular complexity index is 1330. The van der Waals surface area contributed by atoms with Gasteiger partial charge in [-0.2, -0.15) is 0 Å². The number of rotatable bonds is 12. The molecule has 0 aromatic heterocycles. The summed E-state index contributed by atoms with van der Waals surface area (Å²) in [6.07, 6.45) is 8.24. The molecular weight excluding hydrogens is 589 g/mol. The molecule has 5 rings (SSSR count). The van der Waals surface area contributed by atoms with E-state index in [-0.39, 0.29) is 41.9 Å². The van der Waals surface area contributed by atoms with E-state index in [0.717, 1.165) is 50.5 Å². The van der Waals surface area contributed by atoms with Crippen molar-refractivity contribution >= 4 is 47.4 Å². The predicted octanol–water partition coefficient (Wildman–Crippen LogP) is 6.07. The molecule has 230 valence electrons. The van der Waals surface area contributed by atoms with Crippen LogP contribution in [0.5, 0.6) is 5.75 Å². The Morgan fingerprint density at radius 1 is 1.02 bits per heavy atom. The molecule has 2 N–H and O–H groups in total. The van der Waals surface area contributed by atoms with Crippen LogP contribution in [0.3, 0.4) is 0 Å². The van der Waals surface area contributed by atoms with Crippen LogP contribution in [0.4, 0.5) is 4.79 Å². The molecule has 3 amide bonds. The number of benzene rings is 2. The van der Waals surface area contributed by atoms with Crippen LogP contribution in [0.1, 0.15) is 69.8 Å². The van der Waals surface area contributed by atoms with E-state index in [4.69, 9.17) is 27.9 Å². The van der Waals surface area contributed by atoms with Gasteiger partial charge in [0.25, 0.3) is 0 Å². The van der Waals surface area contributed by atoms with Gasteiger partial charge in [-0.25, -0.2) is 4.79 Å². The van der Waals surface area contributed by atoms with E-state index in [0.29, 0.717) is 35.7 Å². The summed E-state index contributed by atoms with van der Waals surface area (Å²) in [6.45, 7) is 0.816. The van der Waals surface area contributed by atoms with Crippen LogP contribution in [0.15, 0.2) is 48.5 Å². The average Bonchev–Trinajstić information content (AvgIpc) is 3.68. The number of nitrogens with one attached hydrogen (secondary N) is 2. The Morgan fingerprint density at radius 2 is 1.74 bits per heavy atom. The molecule has 10 heteroatoms. The topological polar surface area (TPSA) is 105 Å². The predicted molar refractivity (Wildman–Crippen MR) is 165 cm³/mol. The Morgan fingerprint density at radius 3 is 2.37 bits per heavy atom. The molecule has 43 heavy (non-hydrogen) atoms. The first-order chi connectivity index (χ1) is 20.8. The fourth-order valence-corrected chi connectivity index (χ4v) is 6.91. The van der Waals surface area contributed by atoms with Crippen molar-refractivity contribution in [1.82, 2.24) is 15.5 Å². The lowest BCUT2D eigenvalue weighted by atomic mass is 9.83. The molecule has 2 aromatic carbocycles. The lowest BCUT2D eigenvalue weighted by Gasteiger charge is -2.36. The molecule has 3 unspecified atom stereocenters. The molecule has 2 saturated carbocycles. The van der Waals surface area contributed by atoms with Gasteiger partial charge in [0.05, 0.1) is 6.04 Å². The fraction of sp³-hybridized carbons (Fsp3) is 0.515. The van der Waals surface area contributed by atoms with Crippen molar-refractivity contribution in [2.75, 3.05) is 13.1 Å². The maximum Gasteiger partial charge on any atom is 0.415 e. The number of carbonyl (C=O) groups is 4. The molecule has 1 heterocycles. The van der Waals surface area contributed by atoms with Crippen LogP contribution in [0.25, 0.3) is 0 Å². The number of ether oxygens (including phenoxy) is 1. The highest BCUT2D eigenvalue weighted by Gasteiger charge is 2.49. The van der Waals surface area contributed by atoms with Crippen LogP contribution in [-0.4, -0.2) is 54.3 Å². The maximum atomic E-state index is 14.1. The summed E-state index contributed by atoms with van der Waals surface area (Å²) < 4.78 is 5.84. The molecule has 0 spiro atoms. The molecule has 1 aliphatic heterocycles. The van der Waals surface area contributed by atoms with E-state index in [2.05, 4.69) is 10.6 Å². The highest BCUT2D eigenvalue weighted by atomic mass is 35.5. The summed E-state index contributed by atoms with van der Waals surface area (Å²) in [7, 11) is 0. The normalized spacial score (nSPS) is 20.9. The molecule has 8 nitrogen and oxygen atoms in total. The molecular formula is C33H39Cl2N3O5.